The molecular weight excluding hydrogens is 360 g/mol. The molecule has 1 aromatic carbocycles. The average molecular weight is 382 g/mol. The number of thiazole rings is 1. The molecule has 1 N–H and O–H groups in total. The Morgan fingerprint density at radius 3 is 2.67 bits per heavy atom. The highest BCUT2D eigenvalue weighted by Crippen LogP contribution is 2.35. The number of methoxy groups -OCH3 is 1. The summed E-state index contributed by atoms with van der Waals surface area (Å²) in [5.41, 5.74) is 4.24. The molecule has 4 rings (SSSR count). The molecule has 27 heavy (non-hydrogen) atoms. The number of aromatic nitrogens is 3. The molecule has 140 valence electrons. The zero-order valence-corrected chi connectivity index (χ0v) is 16.3. The van der Waals surface area contributed by atoms with E-state index < -0.39 is 0 Å². The van der Waals surface area contributed by atoms with Crippen molar-refractivity contribution in [2.24, 2.45) is 0 Å². The van der Waals surface area contributed by atoms with Crippen molar-refractivity contribution >= 4 is 17.2 Å². The number of benzene rings is 1. The van der Waals surface area contributed by atoms with Crippen LogP contribution in [0.2, 0.25) is 0 Å². The summed E-state index contributed by atoms with van der Waals surface area (Å²) in [5.74, 6) is 0.434. The van der Waals surface area contributed by atoms with Gasteiger partial charge in [-0.05, 0) is 25.3 Å². The molecule has 0 bridgehead atoms. The van der Waals surface area contributed by atoms with Crippen molar-refractivity contribution in [1.29, 1.82) is 0 Å². The minimum absolute atomic E-state index is 0.0552. The number of ether oxygens (including phenoxy) is 1. The molecule has 7 heteroatoms. The second-order valence-corrected chi connectivity index (χ2v) is 7.69. The molecule has 3 aromatic rings. The minimum Gasteiger partial charge on any atom is -0.473 e. The molecule has 0 unspecified atom stereocenters. The number of rotatable bonds is 4. The Morgan fingerprint density at radius 2 is 2.00 bits per heavy atom. The van der Waals surface area contributed by atoms with Crippen LogP contribution in [0.3, 0.4) is 0 Å². The Kier molecular flexibility index (Phi) is 4.94. The van der Waals surface area contributed by atoms with Gasteiger partial charge in [0.25, 0.3) is 11.1 Å². The van der Waals surface area contributed by atoms with Gasteiger partial charge in [0, 0.05) is 30.3 Å². The van der Waals surface area contributed by atoms with Gasteiger partial charge in [-0.25, -0.2) is 4.98 Å². The lowest BCUT2D eigenvalue weighted by Crippen LogP contribution is -2.38. The first-order chi connectivity index (χ1) is 13.2. The van der Waals surface area contributed by atoms with Crippen LogP contribution in [0.1, 0.15) is 39.8 Å². The molecule has 2 aromatic heterocycles. The van der Waals surface area contributed by atoms with Gasteiger partial charge in [0.05, 0.1) is 19.0 Å². The first-order valence-electron chi connectivity index (χ1n) is 9.06. The largest absolute Gasteiger partial charge is 0.473 e. The third-order valence-electron chi connectivity index (χ3n) is 5.09. The number of piperidine rings is 1. The molecule has 0 radical (unpaired) electrons. The monoisotopic (exact) mass is 382 g/mol. The van der Waals surface area contributed by atoms with Gasteiger partial charge >= 0.3 is 0 Å². The van der Waals surface area contributed by atoms with Gasteiger partial charge in [-0.2, -0.15) is 5.10 Å². The number of nitrogens with zero attached hydrogens (tertiary/aromatic N) is 3. The number of nitrogens with one attached hydrogen (secondary N) is 1. The summed E-state index contributed by atoms with van der Waals surface area (Å²) in [5, 5.41) is 8.00. The molecule has 1 saturated heterocycles. The van der Waals surface area contributed by atoms with Crippen LogP contribution >= 0.6 is 11.3 Å². The van der Waals surface area contributed by atoms with E-state index in [0.717, 1.165) is 37.2 Å². The summed E-state index contributed by atoms with van der Waals surface area (Å²) in [7, 11) is 1.58. The topological polar surface area (TPSA) is 71.1 Å². The molecule has 1 fully saturated rings. The number of hydrogen-bond donors (Lipinski definition) is 1. The fourth-order valence-electron chi connectivity index (χ4n) is 3.63. The van der Waals surface area contributed by atoms with Crippen LogP contribution in [-0.4, -0.2) is 46.2 Å². The van der Waals surface area contributed by atoms with Crippen molar-refractivity contribution in [1.82, 2.24) is 20.1 Å². The molecule has 0 aliphatic carbocycles. The van der Waals surface area contributed by atoms with Crippen LogP contribution in [-0.2, 0) is 0 Å². The number of likely N-dealkylation sites (tertiary alicyclic amines) is 1. The second kappa shape index (κ2) is 7.52. The van der Waals surface area contributed by atoms with Crippen molar-refractivity contribution in [2.45, 2.75) is 25.7 Å². The Hall–Kier alpha value is -2.67. The maximum absolute atomic E-state index is 12.9. The lowest BCUT2D eigenvalue weighted by Gasteiger charge is -2.31. The Bertz CT molecular complexity index is 927. The van der Waals surface area contributed by atoms with E-state index in [2.05, 4.69) is 27.3 Å². The number of carbonyl (C=O) groups is 1. The van der Waals surface area contributed by atoms with E-state index in [1.165, 1.54) is 22.6 Å². The molecule has 1 amide bonds. The lowest BCUT2D eigenvalue weighted by atomic mass is 9.89. The maximum Gasteiger partial charge on any atom is 0.273 e. The number of amides is 1. The second-order valence-electron chi connectivity index (χ2n) is 6.73. The summed E-state index contributed by atoms with van der Waals surface area (Å²) >= 11 is 1.32. The Balaban J connectivity index is 1.46. The van der Waals surface area contributed by atoms with Crippen molar-refractivity contribution in [3.8, 4) is 16.3 Å². The molecule has 1 aliphatic rings. The molecule has 0 saturated carbocycles. The third-order valence-corrected chi connectivity index (χ3v) is 6.20. The first kappa shape index (κ1) is 17.7. The average Bonchev–Trinajstić information content (AvgIpc) is 3.35. The van der Waals surface area contributed by atoms with Gasteiger partial charge in [0.1, 0.15) is 4.88 Å². The van der Waals surface area contributed by atoms with Crippen LogP contribution in [0.25, 0.3) is 11.1 Å². The van der Waals surface area contributed by atoms with Crippen LogP contribution in [0.15, 0.2) is 36.5 Å². The van der Waals surface area contributed by atoms with Crippen molar-refractivity contribution in [2.75, 3.05) is 20.2 Å². The zero-order valence-electron chi connectivity index (χ0n) is 15.4. The Labute approximate surface area is 162 Å². The SMILES string of the molecule is COc1nc(C)c(C(=O)N2CCC(c3[nH]ncc3-c3ccccc3)CC2)s1. The van der Waals surface area contributed by atoms with Crippen molar-refractivity contribution < 1.29 is 9.53 Å². The lowest BCUT2D eigenvalue weighted by molar-refractivity contribution is 0.0716. The molecule has 0 atom stereocenters. The van der Waals surface area contributed by atoms with Gasteiger partial charge in [-0.15, -0.1) is 0 Å². The summed E-state index contributed by atoms with van der Waals surface area (Å²) in [6.07, 6.45) is 3.74. The van der Waals surface area contributed by atoms with E-state index in [9.17, 15) is 4.79 Å². The number of aromatic amines is 1. The van der Waals surface area contributed by atoms with Crippen molar-refractivity contribution in [3.05, 3.63) is 52.8 Å². The van der Waals surface area contributed by atoms with Gasteiger partial charge in [0.2, 0.25) is 0 Å². The maximum atomic E-state index is 12.9. The molecular formula is C20H22N4O2S. The third kappa shape index (κ3) is 3.47. The summed E-state index contributed by atoms with van der Waals surface area (Å²) in [6, 6.07) is 10.3. The summed E-state index contributed by atoms with van der Waals surface area (Å²) < 4.78 is 5.16. The quantitative estimate of drug-likeness (QED) is 0.744. The molecule has 1 aliphatic heterocycles. The van der Waals surface area contributed by atoms with Gasteiger partial charge in [-0.3, -0.25) is 9.89 Å². The number of hydrogen-bond acceptors (Lipinski definition) is 5. The highest BCUT2D eigenvalue weighted by atomic mass is 32.1. The summed E-state index contributed by atoms with van der Waals surface area (Å²) in [6.45, 7) is 3.32. The van der Waals surface area contributed by atoms with Crippen LogP contribution in [0.5, 0.6) is 5.19 Å². The predicted octanol–water partition coefficient (Wildman–Crippen LogP) is 3.87. The number of H-pyrrole nitrogens is 1. The standard InChI is InChI=1S/C20H22N4O2S/c1-13-18(27-20(22-13)26-2)19(25)24-10-8-15(9-11-24)17-16(12-21-23-17)14-6-4-3-5-7-14/h3-7,12,15H,8-11H2,1-2H3,(H,21,23). The first-order valence-corrected chi connectivity index (χ1v) is 9.88. The van der Waals surface area contributed by atoms with Gasteiger partial charge < -0.3 is 9.64 Å². The molecule has 3 heterocycles. The molecule has 6 nitrogen and oxygen atoms in total. The number of aryl methyl sites for hydroxylation is 1. The Morgan fingerprint density at radius 1 is 1.26 bits per heavy atom. The van der Waals surface area contributed by atoms with Crippen LogP contribution in [0, 0.1) is 6.92 Å². The predicted molar refractivity (Wildman–Crippen MR) is 105 cm³/mol. The number of carbonyl (C=O) groups excluding carboxylic acids is 1. The van der Waals surface area contributed by atoms with E-state index in [-0.39, 0.29) is 5.91 Å². The smallest absolute Gasteiger partial charge is 0.273 e. The van der Waals surface area contributed by atoms with Crippen LogP contribution < -0.4 is 4.74 Å². The zero-order chi connectivity index (χ0) is 18.8. The molecule has 0 spiro atoms. The highest BCUT2D eigenvalue weighted by molar-refractivity contribution is 7.15. The normalized spacial score (nSPS) is 15.1. The van der Waals surface area contributed by atoms with E-state index >= 15 is 0 Å². The minimum atomic E-state index is 0.0552. The van der Waals surface area contributed by atoms with E-state index in [1.54, 1.807) is 7.11 Å². The van der Waals surface area contributed by atoms with Gasteiger partial charge in [-0.1, -0.05) is 41.7 Å². The van der Waals surface area contributed by atoms with Gasteiger partial charge in [0.15, 0.2) is 0 Å². The van der Waals surface area contributed by atoms with E-state index in [0.29, 0.717) is 16.0 Å². The fourth-order valence-corrected chi connectivity index (χ4v) is 4.48. The van der Waals surface area contributed by atoms with E-state index in [1.807, 2.05) is 36.2 Å². The summed E-state index contributed by atoms with van der Waals surface area (Å²) in [4.78, 5) is 19.7. The fraction of sp³-hybridized carbons (Fsp3) is 0.350. The van der Waals surface area contributed by atoms with Crippen LogP contribution in [0.4, 0.5) is 0 Å². The highest BCUT2D eigenvalue weighted by Gasteiger charge is 2.29. The van der Waals surface area contributed by atoms with Crippen molar-refractivity contribution in [3.63, 3.8) is 0 Å². The van der Waals surface area contributed by atoms with E-state index in [4.69, 9.17) is 4.74 Å².